The number of rotatable bonds is 10. The van der Waals surface area contributed by atoms with E-state index in [9.17, 15) is 14.4 Å². The Morgan fingerprint density at radius 2 is 1.82 bits per heavy atom. The number of benzene rings is 1. The van der Waals surface area contributed by atoms with Crippen LogP contribution in [0, 0.1) is 11.8 Å². The van der Waals surface area contributed by atoms with Gasteiger partial charge in [-0.25, -0.2) is 0 Å². The van der Waals surface area contributed by atoms with Gasteiger partial charge in [0.05, 0.1) is 17.8 Å². The Morgan fingerprint density at radius 3 is 2.52 bits per heavy atom. The van der Waals surface area contributed by atoms with Crippen molar-refractivity contribution in [1.29, 1.82) is 0 Å². The molecule has 1 aliphatic rings. The fraction of sp³-hybridized carbons (Fsp3) is 0.480. The van der Waals surface area contributed by atoms with E-state index in [-0.39, 0.29) is 30.2 Å². The summed E-state index contributed by atoms with van der Waals surface area (Å²) in [5.41, 5.74) is 0.980. The predicted molar refractivity (Wildman–Crippen MR) is 132 cm³/mol. The first-order chi connectivity index (χ1) is 15.9. The first-order valence-corrected chi connectivity index (χ1v) is 12.5. The summed E-state index contributed by atoms with van der Waals surface area (Å²) in [6.45, 7) is 6.95. The highest BCUT2D eigenvalue weighted by Crippen LogP contribution is 2.19. The third-order valence-electron chi connectivity index (χ3n) is 5.69. The number of carbonyl (C=O) groups is 3. The molecule has 2 aromatic rings. The largest absolute Gasteiger partial charge is 0.355 e. The smallest absolute Gasteiger partial charge is 0.253 e. The molecule has 178 valence electrons. The van der Waals surface area contributed by atoms with Gasteiger partial charge in [0, 0.05) is 23.9 Å². The summed E-state index contributed by atoms with van der Waals surface area (Å²) >= 11 is 1.70. The number of nitrogens with zero attached hydrogens (tertiary/aromatic N) is 1. The van der Waals surface area contributed by atoms with E-state index in [1.54, 1.807) is 35.6 Å². The van der Waals surface area contributed by atoms with Gasteiger partial charge >= 0.3 is 0 Å². The fourth-order valence-electron chi connectivity index (χ4n) is 3.84. The van der Waals surface area contributed by atoms with Crippen molar-refractivity contribution in [3.63, 3.8) is 0 Å². The maximum Gasteiger partial charge on any atom is 0.253 e. The molecule has 2 heterocycles. The van der Waals surface area contributed by atoms with Crippen molar-refractivity contribution in [3.05, 3.63) is 52.2 Å². The van der Waals surface area contributed by atoms with Gasteiger partial charge in [-0.05, 0) is 61.8 Å². The van der Waals surface area contributed by atoms with Crippen LogP contribution in [0.25, 0.3) is 0 Å². The summed E-state index contributed by atoms with van der Waals surface area (Å²) < 4.78 is 0. The van der Waals surface area contributed by atoms with Crippen LogP contribution in [-0.2, 0) is 16.0 Å². The summed E-state index contributed by atoms with van der Waals surface area (Å²) in [4.78, 5) is 40.9. The van der Waals surface area contributed by atoms with Crippen molar-refractivity contribution in [2.45, 2.75) is 33.1 Å². The third-order valence-corrected chi connectivity index (χ3v) is 6.63. The first kappa shape index (κ1) is 24.9. The van der Waals surface area contributed by atoms with E-state index in [4.69, 9.17) is 0 Å². The van der Waals surface area contributed by atoms with E-state index >= 15 is 0 Å². The summed E-state index contributed by atoms with van der Waals surface area (Å²) in [6.07, 6.45) is 2.35. The van der Waals surface area contributed by atoms with Crippen LogP contribution in [0.4, 0.5) is 5.69 Å². The minimum atomic E-state index is -0.189. The number of hydrogen-bond acceptors (Lipinski definition) is 5. The van der Waals surface area contributed by atoms with Crippen molar-refractivity contribution in [3.8, 4) is 0 Å². The molecular formula is C25H34N4O3S. The fourth-order valence-corrected chi connectivity index (χ4v) is 4.55. The van der Waals surface area contributed by atoms with Crippen molar-refractivity contribution in [2.24, 2.45) is 11.8 Å². The van der Waals surface area contributed by atoms with Crippen LogP contribution in [0.1, 0.15) is 41.9 Å². The molecule has 3 N–H and O–H groups in total. The number of hydrogen-bond donors (Lipinski definition) is 3. The zero-order chi connectivity index (χ0) is 23.6. The van der Waals surface area contributed by atoms with Crippen LogP contribution in [0.15, 0.2) is 41.8 Å². The van der Waals surface area contributed by atoms with Crippen molar-refractivity contribution >= 4 is 34.7 Å². The SMILES string of the molecule is CC(C)CNC(=O)c1ccccc1NC(=O)CN1CCC(C(=O)NCCc2cccs2)CC1. The molecule has 0 unspecified atom stereocenters. The Labute approximate surface area is 199 Å². The van der Waals surface area contributed by atoms with E-state index in [0.717, 1.165) is 19.3 Å². The minimum absolute atomic E-state index is 0.00183. The molecule has 1 aliphatic heterocycles. The number of nitrogens with one attached hydrogen (secondary N) is 3. The van der Waals surface area contributed by atoms with Crippen molar-refractivity contribution in [2.75, 3.05) is 38.0 Å². The lowest BCUT2D eigenvalue weighted by Gasteiger charge is -2.30. The Morgan fingerprint density at radius 1 is 1.06 bits per heavy atom. The van der Waals surface area contributed by atoms with E-state index in [2.05, 4.69) is 26.9 Å². The third kappa shape index (κ3) is 7.98. The monoisotopic (exact) mass is 470 g/mol. The van der Waals surface area contributed by atoms with E-state index < -0.39 is 0 Å². The predicted octanol–water partition coefficient (Wildman–Crippen LogP) is 3.14. The molecule has 7 nitrogen and oxygen atoms in total. The molecule has 3 rings (SSSR count). The van der Waals surface area contributed by atoms with Gasteiger partial charge in [-0.1, -0.05) is 32.0 Å². The molecule has 0 spiro atoms. The molecule has 1 saturated heterocycles. The Balaban J connectivity index is 1.41. The molecule has 0 atom stereocenters. The number of likely N-dealkylation sites (tertiary alicyclic amines) is 1. The lowest BCUT2D eigenvalue weighted by Crippen LogP contribution is -2.43. The Kier molecular flexibility index (Phi) is 9.45. The summed E-state index contributed by atoms with van der Waals surface area (Å²) in [7, 11) is 0. The number of carbonyl (C=O) groups excluding carboxylic acids is 3. The standard InChI is InChI=1S/C25H34N4O3S/c1-18(2)16-27-25(32)21-7-3-4-8-22(21)28-23(30)17-29-13-10-19(11-14-29)24(31)26-12-9-20-6-5-15-33-20/h3-8,15,18-19H,9-14,16-17H2,1-2H3,(H,26,31)(H,27,32)(H,28,30). The van der Waals surface area contributed by atoms with E-state index in [0.29, 0.717) is 43.3 Å². The molecule has 1 aromatic carbocycles. The maximum atomic E-state index is 12.6. The second-order valence-corrected chi connectivity index (χ2v) is 9.90. The van der Waals surface area contributed by atoms with Crippen molar-refractivity contribution in [1.82, 2.24) is 15.5 Å². The summed E-state index contributed by atoms with van der Waals surface area (Å²) in [5, 5.41) is 10.9. The lowest BCUT2D eigenvalue weighted by atomic mass is 9.96. The quantitative estimate of drug-likeness (QED) is 0.498. The average Bonchev–Trinajstić information content (AvgIpc) is 3.31. The first-order valence-electron chi connectivity index (χ1n) is 11.6. The minimum Gasteiger partial charge on any atom is -0.355 e. The second kappa shape index (κ2) is 12.5. The van der Waals surface area contributed by atoms with Crippen LogP contribution in [0.5, 0.6) is 0 Å². The van der Waals surface area contributed by atoms with Gasteiger partial charge in [0.25, 0.3) is 5.91 Å². The van der Waals surface area contributed by atoms with Gasteiger partial charge in [0.2, 0.25) is 11.8 Å². The Bertz CT molecular complexity index is 921. The molecule has 0 radical (unpaired) electrons. The topological polar surface area (TPSA) is 90.5 Å². The molecule has 0 aliphatic carbocycles. The zero-order valence-corrected chi connectivity index (χ0v) is 20.2. The molecule has 0 bridgehead atoms. The van der Waals surface area contributed by atoms with Crippen LogP contribution < -0.4 is 16.0 Å². The maximum absolute atomic E-state index is 12.6. The van der Waals surface area contributed by atoms with Crippen LogP contribution in [0.3, 0.4) is 0 Å². The van der Waals surface area contributed by atoms with Gasteiger partial charge in [-0.3, -0.25) is 19.3 Å². The number of amides is 3. The zero-order valence-electron chi connectivity index (χ0n) is 19.4. The molecular weight excluding hydrogens is 436 g/mol. The summed E-state index contributed by atoms with van der Waals surface area (Å²) in [5.74, 6) is 0.111. The molecule has 8 heteroatoms. The molecule has 33 heavy (non-hydrogen) atoms. The molecule has 3 amide bonds. The van der Waals surface area contributed by atoms with Gasteiger partial charge < -0.3 is 16.0 Å². The molecule has 1 fully saturated rings. The van der Waals surface area contributed by atoms with E-state index in [1.165, 1.54) is 4.88 Å². The average molecular weight is 471 g/mol. The number of para-hydroxylation sites is 1. The highest BCUT2D eigenvalue weighted by molar-refractivity contribution is 7.09. The van der Waals surface area contributed by atoms with Crippen LogP contribution in [0.2, 0.25) is 0 Å². The van der Waals surface area contributed by atoms with Gasteiger partial charge in [-0.2, -0.15) is 0 Å². The Hall–Kier alpha value is -2.71. The highest BCUT2D eigenvalue weighted by Gasteiger charge is 2.26. The van der Waals surface area contributed by atoms with Gasteiger partial charge in [-0.15, -0.1) is 11.3 Å². The lowest BCUT2D eigenvalue weighted by molar-refractivity contribution is -0.126. The van der Waals surface area contributed by atoms with Gasteiger partial charge in [0.15, 0.2) is 0 Å². The van der Waals surface area contributed by atoms with Crippen LogP contribution >= 0.6 is 11.3 Å². The van der Waals surface area contributed by atoms with Gasteiger partial charge in [0.1, 0.15) is 0 Å². The van der Waals surface area contributed by atoms with Crippen LogP contribution in [-0.4, -0.2) is 55.3 Å². The number of thiophene rings is 1. The molecule has 0 saturated carbocycles. The highest BCUT2D eigenvalue weighted by atomic mass is 32.1. The number of anilines is 1. The normalized spacial score (nSPS) is 14.8. The van der Waals surface area contributed by atoms with E-state index in [1.807, 2.05) is 25.3 Å². The number of piperidine rings is 1. The summed E-state index contributed by atoms with van der Waals surface area (Å²) in [6, 6.07) is 11.2. The second-order valence-electron chi connectivity index (χ2n) is 8.87. The van der Waals surface area contributed by atoms with Crippen molar-refractivity contribution < 1.29 is 14.4 Å². The molecule has 1 aromatic heterocycles.